The van der Waals surface area contributed by atoms with E-state index in [9.17, 15) is 13.6 Å². The van der Waals surface area contributed by atoms with Gasteiger partial charge in [0.05, 0.1) is 13.5 Å². The van der Waals surface area contributed by atoms with Crippen molar-refractivity contribution in [2.75, 3.05) is 20.2 Å². The Balaban J connectivity index is 1.94. The highest BCUT2D eigenvalue weighted by molar-refractivity contribution is 5.79. The van der Waals surface area contributed by atoms with Crippen molar-refractivity contribution in [2.24, 2.45) is 0 Å². The molecular weight excluding hydrogens is 252 g/mol. The Hall–Kier alpha value is -1.65. The van der Waals surface area contributed by atoms with Crippen LogP contribution in [-0.2, 0) is 11.2 Å². The molecule has 0 radical (unpaired) electrons. The number of methoxy groups -OCH3 is 1. The van der Waals surface area contributed by atoms with Gasteiger partial charge in [0.15, 0.2) is 0 Å². The van der Waals surface area contributed by atoms with Crippen molar-refractivity contribution in [1.29, 1.82) is 0 Å². The van der Waals surface area contributed by atoms with Crippen LogP contribution in [0, 0.1) is 0 Å². The Morgan fingerprint density at radius 2 is 2.05 bits per heavy atom. The average Bonchev–Trinajstić information content (AvgIpc) is 2.38. The number of hydrogen-bond acceptors (Lipinski definition) is 2. The molecule has 0 unspecified atom stereocenters. The van der Waals surface area contributed by atoms with E-state index in [1.54, 1.807) is 19.2 Å². The summed E-state index contributed by atoms with van der Waals surface area (Å²) >= 11 is 0. The minimum Gasteiger partial charge on any atom is -0.497 e. The van der Waals surface area contributed by atoms with Crippen molar-refractivity contribution >= 4 is 5.91 Å². The second-order valence-corrected chi connectivity index (χ2v) is 4.77. The first-order valence-electron chi connectivity index (χ1n) is 6.29. The molecule has 104 valence electrons. The van der Waals surface area contributed by atoms with E-state index in [1.165, 1.54) is 4.90 Å². The van der Waals surface area contributed by atoms with E-state index in [0.29, 0.717) is 5.75 Å². The van der Waals surface area contributed by atoms with E-state index in [-0.39, 0.29) is 38.3 Å². The maximum atomic E-state index is 13.0. The van der Waals surface area contributed by atoms with Crippen LogP contribution >= 0.6 is 0 Å². The molecule has 0 spiro atoms. The lowest BCUT2D eigenvalue weighted by Gasteiger charge is -2.31. The highest BCUT2D eigenvalue weighted by Gasteiger charge is 2.35. The lowest BCUT2D eigenvalue weighted by Crippen LogP contribution is -2.43. The minimum absolute atomic E-state index is 0.108. The van der Waals surface area contributed by atoms with E-state index in [1.807, 2.05) is 12.1 Å². The average molecular weight is 269 g/mol. The van der Waals surface area contributed by atoms with E-state index in [4.69, 9.17) is 4.74 Å². The first-order valence-corrected chi connectivity index (χ1v) is 6.29. The summed E-state index contributed by atoms with van der Waals surface area (Å²) in [5, 5.41) is 0. The summed E-state index contributed by atoms with van der Waals surface area (Å²) in [6.07, 6.45) is -0.253. The molecule has 19 heavy (non-hydrogen) atoms. The van der Waals surface area contributed by atoms with Gasteiger partial charge in [0.25, 0.3) is 5.92 Å². The Morgan fingerprint density at radius 3 is 2.68 bits per heavy atom. The number of ether oxygens (including phenoxy) is 1. The van der Waals surface area contributed by atoms with Crippen LogP contribution in [0.5, 0.6) is 5.75 Å². The third-order valence-electron chi connectivity index (χ3n) is 3.34. The van der Waals surface area contributed by atoms with Crippen LogP contribution in [-0.4, -0.2) is 36.9 Å². The van der Waals surface area contributed by atoms with Crippen molar-refractivity contribution in [1.82, 2.24) is 4.90 Å². The van der Waals surface area contributed by atoms with E-state index < -0.39 is 5.92 Å². The Kier molecular flexibility index (Phi) is 4.02. The number of benzene rings is 1. The number of likely N-dealkylation sites (tertiary alicyclic amines) is 1. The van der Waals surface area contributed by atoms with Crippen LogP contribution in [0.3, 0.4) is 0 Å². The Labute approximate surface area is 111 Å². The quantitative estimate of drug-likeness (QED) is 0.843. The molecule has 1 aromatic rings. The van der Waals surface area contributed by atoms with Gasteiger partial charge in [0.1, 0.15) is 5.75 Å². The van der Waals surface area contributed by atoms with Crippen LogP contribution in [0.2, 0.25) is 0 Å². The number of amides is 1. The van der Waals surface area contributed by atoms with E-state index in [0.717, 1.165) is 5.56 Å². The highest BCUT2D eigenvalue weighted by atomic mass is 19.3. The van der Waals surface area contributed by atoms with Gasteiger partial charge in [-0.15, -0.1) is 0 Å². The molecule has 0 aliphatic carbocycles. The largest absolute Gasteiger partial charge is 0.497 e. The first kappa shape index (κ1) is 13.8. The third kappa shape index (κ3) is 3.66. The van der Waals surface area contributed by atoms with Crippen LogP contribution < -0.4 is 4.74 Å². The van der Waals surface area contributed by atoms with Crippen LogP contribution in [0.15, 0.2) is 24.3 Å². The Bertz CT molecular complexity index is 453. The molecule has 1 saturated heterocycles. The molecule has 1 aromatic carbocycles. The number of rotatable bonds is 3. The van der Waals surface area contributed by atoms with Crippen molar-refractivity contribution in [3.05, 3.63) is 29.8 Å². The zero-order valence-corrected chi connectivity index (χ0v) is 10.9. The second-order valence-electron chi connectivity index (χ2n) is 4.77. The van der Waals surface area contributed by atoms with Crippen molar-refractivity contribution in [3.8, 4) is 5.75 Å². The van der Waals surface area contributed by atoms with Gasteiger partial charge < -0.3 is 9.64 Å². The molecule has 5 heteroatoms. The molecule has 1 aliphatic rings. The maximum absolute atomic E-state index is 13.0. The topological polar surface area (TPSA) is 29.5 Å². The molecule has 0 aromatic heterocycles. The molecule has 0 N–H and O–H groups in total. The maximum Gasteiger partial charge on any atom is 0.251 e. The molecule has 0 bridgehead atoms. The molecule has 1 heterocycles. The third-order valence-corrected chi connectivity index (χ3v) is 3.34. The molecule has 0 saturated carbocycles. The molecule has 1 amide bonds. The minimum atomic E-state index is -2.62. The molecule has 1 fully saturated rings. The lowest BCUT2D eigenvalue weighted by atomic mass is 10.1. The standard InChI is InChI=1S/C14H17F2NO2/c1-19-12-4-2-3-11(9-12)10-13(18)17-7-5-14(15,16)6-8-17/h2-4,9H,5-8,10H2,1H3. The highest BCUT2D eigenvalue weighted by Crippen LogP contribution is 2.28. The number of alkyl halides is 2. The number of carbonyl (C=O) groups is 1. The van der Waals surface area contributed by atoms with Gasteiger partial charge in [-0.25, -0.2) is 8.78 Å². The van der Waals surface area contributed by atoms with Gasteiger partial charge in [-0.3, -0.25) is 4.79 Å². The molecular formula is C14H17F2NO2. The zero-order valence-electron chi connectivity index (χ0n) is 10.9. The second kappa shape index (κ2) is 5.55. The molecule has 1 aliphatic heterocycles. The number of halogens is 2. The molecule has 0 atom stereocenters. The summed E-state index contributed by atoms with van der Waals surface area (Å²) < 4.78 is 31.1. The summed E-state index contributed by atoms with van der Waals surface area (Å²) in [6, 6.07) is 7.23. The monoisotopic (exact) mass is 269 g/mol. The number of piperidine rings is 1. The molecule has 2 rings (SSSR count). The number of nitrogens with zero attached hydrogens (tertiary/aromatic N) is 1. The summed E-state index contributed by atoms with van der Waals surface area (Å²) in [6.45, 7) is 0.269. The first-order chi connectivity index (χ1) is 9.00. The fraction of sp³-hybridized carbons (Fsp3) is 0.500. The van der Waals surface area contributed by atoms with E-state index in [2.05, 4.69) is 0 Å². The van der Waals surface area contributed by atoms with Gasteiger partial charge in [-0.2, -0.15) is 0 Å². The van der Waals surface area contributed by atoms with E-state index >= 15 is 0 Å². The van der Waals surface area contributed by atoms with Crippen LogP contribution in [0.1, 0.15) is 18.4 Å². The van der Waals surface area contributed by atoms with Crippen molar-refractivity contribution in [2.45, 2.75) is 25.2 Å². The number of carbonyl (C=O) groups excluding carboxylic acids is 1. The lowest BCUT2D eigenvalue weighted by molar-refractivity contribution is -0.136. The smallest absolute Gasteiger partial charge is 0.251 e. The summed E-state index contributed by atoms with van der Waals surface area (Å²) in [5.74, 6) is -2.04. The van der Waals surface area contributed by atoms with Gasteiger partial charge in [0, 0.05) is 25.9 Å². The SMILES string of the molecule is COc1cccc(CC(=O)N2CCC(F)(F)CC2)c1. The van der Waals surface area contributed by atoms with Gasteiger partial charge in [0.2, 0.25) is 5.91 Å². The zero-order chi connectivity index (χ0) is 13.9. The van der Waals surface area contributed by atoms with Gasteiger partial charge in [-0.1, -0.05) is 12.1 Å². The van der Waals surface area contributed by atoms with Crippen molar-refractivity contribution in [3.63, 3.8) is 0 Å². The fourth-order valence-electron chi connectivity index (χ4n) is 2.15. The summed E-state index contributed by atoms with van der Waals surface area (Å²) in [4.78, 5) is 13.5. The van der Waals surface area contributed by atoms with Gasteiger partial charge >= 0.3 is 0 Å². The number of hydrogen-bond donors (Lipinski definition) is 0. The van der Waals surface area contributed by atoms with Crippen LogP contribution in [0.25, 0.3) is 0 Å². The summed E-state index contributed by atoms with van der Waals surface area (Å²) in [5.41, 5.74) is 0.835. The predicted octanol–water partition coefficient (Wildman–Crippen LogP) is 2.50. The normalized spacial score (nSPS) is 18.2. The summed E-state index contributed by atoms with van der Waals surface area (Å²) in [7, 11) is 1.56. The van der Waals surface area contributed by atoms with Crippen molar-refractivity contribution < 1.29 is 18.3 Å². The fourth-order valence-corrected chi connectivity index (χ4v) is 2.15. The Morgan fingerprint density at radius 1 is 1.37 bits per heavy atom. The van der Waals surface area contributed by atoms with Crippen LogP contribution in [0.4, 0.5) is 8.78 Å². The molecule has 3 nitrogen and oxygen atoms in total. The predicted molar refractivity (Wildman–Crippen MR) is 67.5 cm³/mol. The van der Waals surface area contributed by atoms with Gasteiger partial charge in [-0.05, 0) is 17.7 Å².